The zero-order valence-electron chi connectivity index (χ0n) is 10.4. The molecule has 0 aliphatic carbocycles. The summed E-state index contributed by atoms with van der Waals surface area (Å²) in [5, 5.41) is 3.38. The predicted molar refractivity (Wildman–Crippen MR) is 72.5 cm³/mol. The van der Waals surface area contributed by atoms with Gasteiger partial charge in [0.15, 0.2) is 0 Å². The van der Waals surface area contributed by atoms with Gasteiger partial charge in [-0.05, 0) is 42.8 Å². The van der Waals surface area contributed by atoms with Crippen molar-refractivity contribution in [3.8, 4) is 5.75 Å². The van der Waals surface area contributed by atoms with Crippen molar-refractivity contribution in [2.24, 2.45) is 0 Å². The van der Waals surface area contributed by atoms with Crippen molar-refractivity contribution < 1.29 is 4.74 Å². The van der Waals surface area contributed by atoms with Crippen LogP contribution in [0.4, 0.5) is 0 Å². The number of rotatable bonds is 7. The van der Waals surface area contributed by atoms with E-state index in [-0.39, 0.29) is 0 Å². The Morgan fingerprint density at radius 1 is 1.00 bits per heavy atom. The number of aromatic nitrogens is 1. The first kappa shape index (κ1) is 12.6. The largest absolute Gasteiger partial charge is 0.494 e. The zero-order chi connectivity index (χ0) is 12.5. The minimum atomic E-state index is 0.743. The van der Waals surface area contributed by atoms with Gasteiger partial charge in [-0.2, -0.15) is 0 Å². The molecule has 0 fully saturated rings. The van der Waals surface area contributed by atoms with Crippen molar-refractivity contribution in [1.29, 1.82) is 0 Å². The van der Waals surface area contributed by atoms with E-state index < -0.39 is 0 Å². The molecule has 0 radical (unpaired) electrons. The lowest BCUT2D eigenvalue weighted by molar-refractivity contribution is 0.308. The van der Waals surface area contributed by atoms with E-state index in [1.165, 1.54) is 5.56 Å². The van der Waals surface area contributed by atoms with E-state index in [9.17, 15) is 0 Å². The van der Waals surface area contributed by atoms with Crippen molar-refractivity contribution in [1.82, 2.24) is 10.3 Å². The van der Waals surface area contributed by atoms with Crippen LogP contribution in [0.15, 0.2) is 54.9 Å². The van der Waals surface area contributed by atoms with E-state index in [1.54, 1.807) is 0 Å². The number of hydrogen-bond acceptors (Lipinski definition) is 3. The quantitative estimate of drug-likeness (QED) is 0.758. The van der Waals surface area contributed by atoms with Crippen LogP contribution in [0.1, 0.15) is 12.0 Å². The summed E-state index contributed by atoms with van der Waals surface area (Å²) in [4.78, 5) is 3.99. The molecule has 0 saturated heterocycles. The number of nitrogens with one attached hydrogen (secondary N) is 1. The summed E-state index contributed by atoms with van der Waals surface area (Å²) >= 11 is 0. The summed E-state index contributed by atoms with van der Waals surface area (Å²) in [5.74, 6) is 0.937. The SMILES string of the molecule is c1ccc(OCCCNCc2ccncc2)cc1. The molecule has 1 aromatic heterocycles. The minimum absolute atomic E-state index is 0.743. The van der Waals surface area contributed by atoms with Crippen LogP contribution in [0.3, 0.4) is 0 Å². The van der Waals surface area contributed by atoms with Crippen molar-refractivity contribution >= 4 is 0 Å². The van der Waals surface area contributed by atoms with Crippen LogP contribution in [0.25, 0.3) is 0 Å². The van der Waals surface area contributed by atoms with Gasteiger partial charge in [-0.25, -0.2) is 0 Å². The van der Waals surface area contributed by atoms with Crippen molar-refractivity contribution in [2.75, 3.05) is 13.2 Å². The summed E-state index contributed by atoms with van der Waals surface area (Å²) in [6.45, 7) is 2.58. The zero-order valence-corrected chi connectivity index (χ0v) is 10.4. The lowest BCUT2D eigenvalue weighted by Crippen LogP contribution is -2.17. The second kappa shape index (κ2) is 7.45. The van der Waals surface area contributed by atoms with E-state index in [4.69, 9.17) is 4.74 Å². The molecule has 3 heteroatoms. The van der Waals surface area contributed by atoms with Crippen molar-refractivity contribution in [2.45, 2.75) is 13.0 Å². The third kappa shape index (κ3) is 4.55. The van der Waals surface area contributed by atoms with Gasteiger partial charge in [0.1, 0.15) is 5.75 Å². The Balaban J connectivity index is 1.54. The standard InChI is InChI=1S/C15H18N2O/c1-2-5-15(6-3-1)18-12-4-9-17-13-14-7-10-16-11-8-14/h1-3,5-8,10-11,17H,4,9,12-13H2. The molecule has 1 heterocycles. The second-order valence-corrected chi connectivity index (χ2v) is 4.05. The van der Waals surface area contributed by atoms with Gasteiger partial charge in [-0.1, -0.05) is 18.2 Å². The van der Waals surface area contributed by atoms with Crippen LogP contribution in [0.5, 0.6) is 5.75 Å². The van der Waals surface area contributed by atoms with Gasteiger partial charge in [0.25, 0.3) is 0 Å². The van der Waals surface area contributed by atoms with E-state index in [0.29, 0.717) is 0 Å². The van der Waals surface area contributed by atoms with E-state index in [1.807, 2.05) is 54.9 Å². The monoisotopic (exact) mass is 242 g/mol. The third-order valence-corrected chi connectivity index (χ3v) is 2.59. The molecule has 0 aliphatic rings. The van der Waals surface area contributed by atoms with Crippen LogP contribution < -0.4 is 10.1 Å². The molecular formula is C15H18N2O. The molecule has 1 aromatic carbocycles. The molecule has 3 nitrogen and oxygen atoms in total. The number of nitrogens with zero attached hydrogens (tertiary/aromatic N) is 1. The fourth-order valence-electron chi connectivity index (χ4n) is 1.64. The molecule has 94 valence electrons. The Morgan fingerprint density at radius 2 is 1.78 bits per heavy atom. The number of benzene rings is 1. The van der Waals surface area contributed by atoms with Gasteiger partial charge >= 0.3 is 0 Å². The first-order valence-electron chi connectivity index (χ1n) is 6.22. The summed E-state index contributed by atoms with van der Waals surface area (Å²) < 4.78 is 5.61. The van der Waals surface area contributed by atoms with Crippen LogP contribution in [0.2, 0.25) is 0 Å². The maximum absolute atomic E-state index is 5.61. The molecule has 18 heavy (non-hydrogen) atoms. The molecule has 2 aromatic rings. The van der Waals surface area contributed by atoms with Gasteiger partial charge in [-0.3, -0.25) is 4.98 Å². The lowest BCUT2D eigenvalue weighted by atomic mass is 10.3. The molecule has 0 bridgehead atoms. The molecule has 0 aliphatic heterocycles. The fourth-order valence-corrected chi connectivity index (χ4v) is 1.64. The lowest BCUT2D eigenvalue weighted by Gasteiger charge is -2.07. The Labute approximate surface area is 108 Å². The van der Waals surface area contributed by atoms with Gasteiger partial charge in [0.2, 0.25) is 0 Å². The van der Waals surface area contributed by atoms with Crippen LogP contribution in [-0.4, -0.2) is 18.1 Å². The summed E-state index contributed by atoms with van der Waals surface area (Å²) in [6.07, 6.45) is 4.63. The van der Waals surface area contributed by atoms with Crippen LogP contribution in [-0.2, 0) is 6.54 Å². The Hall–Kier alpha value is -1.87. The average molecular weight is 242 g/mol. The van der Waals surface area contributed by atoms with Crippen LogP contribution >= 0.6 is 0 Å². The van der Waals surface area contributed by atoms with Gasteiger partial charge in [0, 0.05) is 18.9 Å². The Bertz CT molecular complexity index is 387. The highest BCUT2D eigenvalue weighted by atomic mass is 16.5. The molecular weight excluding hydrogens is 224 g/mol. The maximum Gasteiger partial charge on any atom is 0.119 e. The smallest absolute Gasteiger partial charge is 0.119 e. The number of pyridine rings is 1. The minimum Gasteiger partial charge on any atom is -0.494 e. The normalized spacial score (nSPS) is 10.2. The molecule has 0 unspecified atom stereocenters. The summed E-state index contributed by atoms with van der Waals surface area (Å²) in [7, 11) is 0. The highest BCUT2D eigenvalue weighted by Gasteiger charge is 1.93. The highest BCUT2D eigenvalue weighted by Crippen LogP contribution is 2.08. The van der Waals surface area contributed by atoms with Crippen molar-refractivity contribution in [3.05, 3.63) is 60.4 Å². The topological polar surface area (TPSA) is 34.1 Å². The molecule has 0 atom stereocenters. The molecule has 2 rings (SSSR count). The number of para-hydroxylation sites is 1. The first-order valence-corrected chi connectivity index (χ1v) is 6.22. The fraction of sp³-hybridized carbons (Fsp3) is 0.267. The first-order chi connectivity index (χ1) is 8.95. The average Bonchev–Trinajstić information content (AvgIpc) is 2.45. The van der Waals surface area contributed by atoms with E-state index in [2.05, 4.69) is 10.3 Å². The number of hydrogen-bond donors (Lipinski definition) is 1. The Kier molecular flexibility index (Phi) is 5.21. The van der Waals surface area contributed by atoms with E-state index >= 15 is 0 Å². The van der Waals surface area contributed by atoms with Gasteiger partial charge in [-0.15, -0.1) is 0 Å². The van der Waals surface area contributed by atoms with E-state index in [0.717, 1.165) is 31.9 Å². The second-order valence-electron chi connectivity index (χ2n) is 4.05. The Morgan fingerprint density at radius 3 is 2.56 bits per heavy atom. The maximum atomic E-state index is 5.61. The predicted octanol–water partition coefficient (Wildman–Crippen LogP) is 2.64. The summed E-state index contributed by atoms with van der Waals surface area (Å²) in [5.41, 5.74) is 1.26. The molecule has 1 N–H and O–H groups in total. The molecule has 0 amide bonds. The van der Waals surface area contributed by atoms with Gasteiger partial charge in [0.05, 0.1) is 6.61 Å². The molecule has 0 saturated carbocycles. The van der Waals surface area contributed by atoms with Gasteiger partial charge < -0.3 is 10.1 Å². The molecule has 0 spiro atoms. The van der Waals surface area contributed by atoms with Crippen molar-refractivity contribution in [3.63, 3.8) is 0 Å². The summed E-state index contributed by atoms with van der Waals surface area (Å²) in [6, 6.07) is 14.0. The third-order valence-electron chi connectivity index (χ3n) is 2.59. The highest BCUT2D eigenvalue weighted by molar-refractivity contribution is 5.20. The number of ether oxygens (including phenoxy) is 1. The van der Waals surface area contributed by atoms with Crippen LogP contribution in [0, 0.1) is 0 Å².